The summed E-state index contributed by atoms with van der Waals surface area (Å²) in [5, 5.41) is 6.87. The van der Waals surface area contributed by atoms with Crippen LogP contribution in [-0.2, 0) is 15.8 Å². The van der Waals surface area contributed by atoms with Crippen molar-refractivity contribution in [3.8, 4) is 0 Å². The predicted octanol–water partition coefficient (Wildman–Crippen LogP) is 2.06. The van der Waals surface area contributed by atoms with Crippen LogP contribution < -0.4 is 16.0 Å². The van der Waals surface area contributed by atoms with Crippen molar-refractivity contribution in [1.82, 2.24) is 5.32 Å². The quantitative estimate of drug-likeness (QED) is 0.739. The molecule has 2 fully saturated rings. The number of nitrogens with one attached hydrogen (secondary N) is 2. The number of nitrogens with two attached hydrogens (primary N) is 1. The first-order chi connectivity index (χ1) is 12.2. The van der Waals surface area contributed by atoms with E-state index in [2.05, 4.69) is 10.6 Å². The second kappa shape index (κ2) is 7.44. The number of benzene rings is 1. The van der Waals surface area contributed by atoms with Gasteiger partial charge in [-0.1, -0.05) is 18.0 Å². The third-order valence-electron chi connectivity index (χ3n) is 4.92. The fourth-order valence-electron chi connectivity index (χ4n) is 3.64. The summed E-state index contributed by atoms with van der Waals surface area (Å²) in [5.41, 5.74) is -1.01. The van der Waals surface area contributed by atoms with Gasteiger partial charge in [0.05, 0.1) is 23.0 Å². The molecule has 2 aliphatic rings. The number of amides is 2. The van der Waals surface area contributed by atoms with Crippen molar-refractivity contribution in [3.05, 3.63) is 28.8 Å². The van der Waals surface area contributed by atoms with Gasteiger partial charge in [0.1, 0.15) is 6.04 Å². The summed E-state index contributed by atoms with van der Waals surface area (Å²) in [4.78, 5) is 24.4. The second-order valence-corrected chi connectivity index (χ2v) is 7.21. The molecule has 1 aliphatic carbocycles. The van der Waals surface area contributed by atoms with Crippen LogP contribution in [0, 0.1) is 0 Å². The van der Waals surface area contributed by atoms with E-state index in [4.69, 9.17) is 11.6 Å². The Labute approximate surface area is 153 Å². The standard InChI is InChI=1S/C17H19ClF3N3O2/c18-11-6-5-9(7-10(11)17(19,20)21)22-15(25)8-14-16(26)24-13-4-2-1-3-12(13)23-14/h5-7,12-14,23H,1-4,8H2,(H,22,25)(H,24,26)/p+1/t12-,13+,14-/m1/s1. The first kappa shape index (κ1) is 19.0. The maximum absolute atomic E-state index is 12.9. The molecule has 0 radical (unpaired) electrons. The molecule has 142 valence electrons. The Bertz CT molecular complexity index is 711. The smallest absolute Gasteiger partial charge is 0.342 e. The van der Waals surface area contributed by atoms with Crippen molar-refractivity contribution in [2.75, 3.05) is 5.32 Å². The van der Waals surface area contributed by atoms with Crippen molar-refractivity contribution in [2.24, 2.45) is 0 Å². The molecule has 1 saturated heterocycles. The molecule has 3 atom stereocenters. The van der Waals surface area contributed by atoms with Gasteiger partial charge in [0.25, 0.3) is 5.91 Å². The minimum absolute atomic E-state index is 0.00140. The molecule has 1 saturated carbocycles. The normalized spacial score (nSPS) is 26.0. The number of fused-ring (bicyclic) bond motifs is 1. The molecule has 0 unspecified atom stereocenters. The number of hydrogen-bond acceptors (Lipinski definition) is 2. The van der Waals surface area contributed by atoms with Gasteiger partial charge in [-0.25, -0.2) is 0 Å². The highest BCUT2D eigenvalue weighted by Crippen LogP contribution is 2.36. The highest BCUT2D eigenvalue weighted by molar-refractivity contribution is 6.31. The Kier molecular flexibility index (Phi) is 5.43. The molecule has 1 aromatic carbocycles. The number of alkyl halides is 3. The molecule has 1 aromatic rings. The molecule has 26 heavy (non-hydrogen) atoms. The van der Waals surface area contributed by atoms with Crippen LogP contribution in [0.25, 0.3) is 0 Å². The highest BCUT2D eigenvalue weighted by atomic mass is 35.5. The van der Waals surface area contributed by atoms with Gasteiger partial charge in [-0.3, -0.25) is 9.59 Å². The Morgan fingerprint density at radius 1 is 1.31 bits per heavy atom. The van der Waals surface area contributed by atoms with Gasteiger partial charge >= 0.3 is 6.18 Å². The minimum atomic E-state index is -4.61. The van der Waals surface area contributed by atoms with E-state index in [0.29, 0.717) is 0 Å². The first-order valence-electron chi connectivity index (χ1n) is 8.56. The number of anilines is 1. The maximum atomic E-state index is 12.9. The number of halogens is 4. The van der Waals surface area contributed by atoms with Crippen LogP contribution in [-0.4, -0.2) is 29.9 Å². The molecule has 2 amide bonds. The fraction of sp³-hybridized carbons (Fsp3) is 0.529. The molecule has 0 aromatic heterocycles. The summed E-state index contributed by atoms with van der Waals surface area (Å²) in [6.07, 6.45) is -0.605. The molecule has 1 aliphatic heterocycles. The number of quaternary nitrogens is 1. The number of hydrogen-bond donors (Lipinski definition) is 3. The zero-order valence-corrected chi connectivity index (χ0v) is 14.7. The van der Waals surface area contributed by atoms with Crippen LogP contribution in [0.15, 0.2) is 18.2 Å². The lowest BCUT2D eigenvalue weighted by atomic mass is 9.87. The summed E-state index contributed by atoms with van der Waals surface area (Å²) in [5.74, 6) is -0.707. The maximum Gasteiger partial charge on any atom is 0.417 e. The van der Waals surface area contributed by atoms with E-state index in [9.17, 15) is 22.8 Å². The summed E-state index contributed by atoms with van der Waals surface area (Å²) in [7, 11) is 0. The molecule has 4 N–H and O–H groups in total. The van der Waals surface area contributed by atoms with E-state index in [0.717, 1.165) is 37.8 Å². The average molecular weight is 391 g/mol. The van der Waals surface area contributed by atoms with E-state index in [1.165, 1.54) is 6.07 Å². The van der Waals surface area contributed by atoms with E-state index in [-0.39, 0.29) is 30.1 Å². The van der Waals surface area contributed by atoms with Crippen LogP contribution in [0.5, 0.6) is 0 Å². The summed E-state index contributed by atoms with van der Waals surface area (Å²) in [6, 6.07) is 3.02. The molecule has 0 bridgehead atoms. The van der Waals surface area contributed by atoms with Crippen molar-refractivity contribution < 1.29 is 28.1 Å². The monoisotopic (exact) mass is 390 g/mol. The second-order valence-electron chi connectivity index (χ2n) is 6.81. The molecule has 1 heterocycles. The van der Waals surface area contributed by atoms with Crippen LogP contribution in [0.1, 0.15) is 37.7 Å². The van der Waals surface area contributed by atoms with Gasteiger partial charge in [-0.15, -0.1) is 0 Å². The molecule has 5 nitrogen and oxygen atoms in total. The largest absolute Gasteiger partial charge is 0.417 e. The lowest BCUT2D eigenvalue weighted by Crippen LogP contribution is -3.03. The van der Waals surface area contributed by atoms with Crippen molar-refractivity contribution in [1.29, 1.82) is 0 Å². The minimum Gasteiger partial charge on any atom is -0.342 e. The van der Waals surface area contributed by atoms with E-state index < -0.39 is 28.7 Å². The lowest BCUT2D eigenvalue weighted by Gasteiger charge is -2.37. The van der Waals surface area contributed by atoms with Crippen LogP contribution in [0.4, 0.5) is 18.9 Å². The van der Waals surface area contributed by atoms with Gasteiger partial charge in [-0.05, 0) is 31.0 Å². The van der Waals surface area contributed by atoms with Gasteiger partial charge in [-0.2, -0.15) is 13.2 Å². The Balaban J connectivity index is 1.63. The van der Waals surface area contributed by atoms with Crippen LogP contribution in [0.2, 0.25) is 5.02 Å². The summed E-state index contributed by atoms with van der Waals surface area (Å²) < 4.78 is 38.7. The predicted molar refractivity (Wildman–Crippen MR) is 89.6 cm³/mol. The van der Waals surface area contributed by atoms with E-state index >= 15 is 0 Å². The molecule has 9 heteroatoms. The SMILES string of the molecule is O=C(C[C@H]1[NH2+][C@@H]2CCCC[C@@H]2NC1=O)Nc1ccc(Cl)c(C(F)(F)F)c1. The first-order valence-corrected chi connectivity index (χ1v) is 8.94. The van der Waals surface area contributed by atoms with E-state index in [1.807, 2.05) is 5.32 Å². The molecular weight excluding hydrogens is 371 g/mol. The van der Waals surface area contributed by atoms with Gasteiger partial charge in [0.15, 0.2) is 6.04 Å². The molecule has 3 rings (SSSR count). The lowest BCUT2D eigenvalue weighted by molar-refractivity contribution is -0.718. The third kappa shape index (κ3) is 4.29. The van der Waals surface area contributed by atoms with Crippen molar-refractivity contribution in [3.63, 3.8) is 0 Å². The van der Waals surface area contributed by atoms with Crippen LogP contribution in [0.3, 0.4) is 0 Å². The highest BCUT2D eigenvalue weighted by Gasteiger charge is 2.40. The number of piperazine rings is 1. The van der Waals surface area contributed by atoms with Gasteiger partial charge in [0, 0.05) is 12.1 Å². The summed E-state index contributed by atoms with van der Waals surface area (Å²) in [6.45, 7) is 0. The van der Waals surface area contributed by atoms with Crippen LogP contribution >= 0.6 is 11.6 Å². The van der Waals surface area contributed by atoms with Crippen molar-refractivity contribution >= 4 is 29.1 Å². The van der Waals surface area contributed by atoms with Crippen molar-refractivity contribution in [2.45, 2.75) is 56.4 Å². The Hall–Kier alpha value is -1.80. The fourth-order valence-corrected chi connectivity index (χ4v) is 3.86. The summed E-state index contributed by atoms with van der Waals surface area (Å²) >= 11 is 5.57. The Morgan fingerprint density at radius 2 is 2.04 bits per heavy atom. The van der Waals surface area contributed by atoms with E-state index in [1.54, 1.807) is 0 Å². The zero-order valence-electron chi connectivity index (χ0n) is 13.9. The average Bonchev–Trinajstić information content (AvgIpc) is 2.56. The Morgan fingerprint density at radius 3 is 2.77 bits per heavy atom. The number of rotatable bonds is 3. The van der Waals surface area contributed by atoms with Gasteiger partial charge < -0.3 is 16.0 Å². The molecule has 0 spiro atoms. The number of carbonyl (C=O) groups is 2. The van der Waals surface area contributed by atoms with Gasteiger partial charge in [0.2, 0.25) is 5.91 Å². The number of carbonyl (C=O) groups excluding carboxylic acids is 2. The molecular formula is C17H20ClF3N3O2+. The third-order valence-corrected chi connectivity index (χ3v) is 5.25. The topological polar surface area (TPSA) is 74.8 Å². The zero-order chi connectivity index (χ0) is 18.9.